The molecule has 1 saturated carbocycles. The molecule has 2 aliphatic rings. The first-order valence-corrected chi connectivity index (χ1v) is 13.3. The van der Waals surface area contributed by atoms with Crippen LogP contribution in [-0.2, 0) is 13.0 Å². The molecule has 10 heteroatoms. The van der Waals surface area contributed by atoms with E-state index in [9.17, 15) is 9.59 Å². The van der Waals surface area contributed by atoms with Gasteiger partial charge >= 0.3 is 6.03 Å². The van der Waals surface area contributed by atoms with Gasteiger partial charge in [-0.15, -0.1) is 0 Å². The summed E-state index contributed by atoms with van der Waals surface area (Å²) in [5, 5.41) is 6.46. The molecule has 0 bridgehead atoms. The number of aromatic nitrogens is 1. The third-order valence-electron chi connectivity index (χ3n) is 6.09. The van der Waals surface area contributed by atoms with Gasteiger partial charge in [-0.3, -0.25) is 10.1 Å². The van der Waals surface area contributed by atoms with Crippen LogP contribution in [0.2, 0.25) is 0 Å². The molecule has 1 aliphatic carbocycles. The first-order chi connectivity index (χ1) is 17.0. The van der Waals surface area contributed by atoms with E-state index in [0.29, 0.717) is 67.3 Å². The Morgan fingerprint density at radius 3 is 2.34 bits per heavy atom. The summed E-state index contributed by atoms with van der Waals surface area (Å²) in [6.07, 6.45) is 5.01. The summed E-state index contributed by atoms with van der Waals surface area (Å²) in [6.45, 7) is 8.02. The lowest BCUT2D eigenvalue weighted by atomic mass is 10.1. The van der Waals surface area contributed by atoms with Gasteiger partial charge in [-0.05, 0) is 45.7 Å². The first kappa shape index (κ1) is 25.1. The van der Waals surface area contributed by atoms with Gasteiger partial charge in [0.05, 0.1) is 32.1 Å². The highest BCUT2D eigenvalue weighted by atomic mass is 32.1. The molecule has 2 aromatic rings. The molecule has 2 N–H and O–H groups in total. The molecule has 0 radical (unpaired) electrons. The van der Waals surface area contributed by atoms with Crippen molar-refractivity contribution in [1.82, 2.24) is 15.2 Å². The number of hydrogen-bond acceptors (Lipinski definition) is 7. The number of thiazole rings is 1. The zero-order valence-corrected chi connectivity index (χ0v) is 21.5. The van der Waals surface area contributed by atoms with Gasteiger partial charge < -0.3 is 24.4 Å². The van der Waals surface area contributed by atoms with Gasteiger partial charge in [0.1, 0.15) is 0 Å². The first-order valence-electron chi connectivity index (χ1n) is 12.4. The number of anilines is 1. The number of nitrogens with zero attached hydrogens (tertiary/aromatic N) is 2. The smallest absolute Gasteiger partial charge is 0.321 e. The third-order valence-corrected chi connectivity index (χ3v) is 7.08. The molecule has 190 valence electrons. The molecular weight excluding hydrogens is 468 g/mol. The number of nitrogens with one attached hydrogen (secondary N) is 2. The van der Waals surface area contributed by atoms with Crippen LogP contribution in [0.4, 0.5) is 9.93 Å². The zero-order chi connectivity index (χ0) is 24.8. The average Bonchev–Trinajstić information content (AvgIpc) is 3.49. The van der Waals surface area contributed by atoms with Crippen LogP contribution in [0.15, 0.2) is 12.1 Å². The molecule has 9 nitrogen and oxygen atoms in total. The van der Waals surface area contributed by atoms with Crippen LogP contribution in [0.5, 0.6) is 17.2 Å². The molecule has 2 heterocycles. The molecular formula is C25H34N4O5S. The average molecular weight is 503 g/mol. The Morgan fingerprint density at radius 2 is 1.71 bits per heavy atom. The van der Waals surface area contributed by atoms with Crippen LogP contribution >= 0.6 is 11.3 Å². The summed E-state index contributed by atoms with van der Waals surface area (Å²) in [6, 6.07) is 3.48. The number of rotatable bonds is 9. The molecule has 3 amide bonds. The molecule has 0 atom stereocenters. The number of carbonyl (C=O) groups is 2. The minimum Gasteiger partial charge on any atom is -0.490 e. The third kappa shape index (κ3) is 5.98. The normalized spacial score (nSPS) is 15.5. The van der Waals surface area contributed by atoms with Crippen LogP contribution in [0.3, 0.4) is 0 Å². The van der Waals surface area contributed by atoms with Gasteiger partial charge in [-0.2, -0.15) is 0 Å². The maximum Gasteiger partial charge on any atom is 0.321 e. The summed E-state index contributed by atoms with van der Waals surface area (Å²) in [5.74, 6) is 1.41. The van der Waals surface area contributed by atoms with E-state index in [2.05, 4.69) is 15.6 Å². The van der Waals surface area contributed by atoms with Crippen molar-refractivity contribution >= 4 is 28.4 Å². The minimum absolute atomic E-state index is 0.109. The Labute approximate surface area is 210 Å². The van der Waals surface area contributed by atoms with E-state index >= 15 is 0 Å². The zero-order valence-electron chi connectivity index (χ0n) is 20.6. The Hall–Kier alpha value is -3.01. The SMILES string of the molecule is CCOc1cc(C(=O)N2CCc3nc(NC(=O)NC4CCCC4)sc3C2)cc(OCC)c1OCC. The number of urea groups is 1. The summed E-state index contributed by atoms with van der Waals surface area (Å²) in [4.78, 5) is 33.2. The minimum atomic E-state index is -0.211. The second-order valence-electron chi connectivity index (χ2n) is 8.55. The molecule has 4 rings (SSSR count). The highest BCUT2D eigenvalue weighted by Crippen LogP contribution is 2.40. The number of ether oxygens (including phenoxy) is 3. The van der Waals surface area contributed by atoms with E-state index in [1.165, 1.54) is 11.3 Å². The lowest BCUT2D eigenvalue weighted by molar-refractivity contribution is 0.0735. The van der Waals surface area contributed by atoms with Gasteiger partial charge in [0.15, 0.2) is 16.6 Å². The largest absolute Gasteiger partial charge is 0.490 e. The van der Waals surface area contributed by atoms with Crippen molar-refractivity contribution in [2.45, 2.75) is 65.5 Å². The Bertz CT molecular complexity index is 1020. The second-order valence-corrected chi connectivity index (χ2v) is 9.63. The van der Waals surface area contributed by atoms with Gasteiger partial charge in [0.2, 0.25) is 5.75 Å². The summed E-state index contributed by atoms with van der Waals surface area (Å²) in [5.41, 5.74) is 1.43. The van der Waals surface area contributed by atoms with Crippen molar-refractivity contribution in [1.29, 1.82) is 0 Å². The molecule has 1 aliphatic heterocycles. The van der Waals surface area contributed by atoms with Crippen LogP contribution in [0.1, 0.15) is 67.4 Å². The van der Waals surface area contributed by atoms with Gasteiger partial charge in [0, 0.05) is 29.4 Å². The predicted octanol–water partition coefficient (Wildman–Crippen LogP) is 4.60. The van der Waals surface area contributed by atoms with E-state index < -0.39 is 0 Å². The Morgan fingerprint density at radius 1 is 1.06 bits per heavy atom. The number of fused-ring (bicyclic) bond motifs is 1. The molecule has 0 unspecified atom stereocenters. The molecule has 1 fully saturated rings. The van der Waals surface area contributed by atoms with E-state index in [-0.39, 0.29) is 18.0 Å². The van der Waals surface area contributed by atoms with Crippen molar-refractivity contribution in [3.05, 3.63) is 28.3 Å². The Kier molecular flexibility index (Phi) is 8.33. The fraction of sp³-hybridized carbons (Fsp3) is 0.560. The van der Waals surface area contributed by atoms with Crippen LogP contribution in [-0.4, -0.2) is 54.2 Å². The van der Waals surface area contributed by atoms with Crippen molar-refractivity contribution in [3.63, 3.8) is 0 Å². The van der Waals surface area contributed by atoms with Crippen LogP contribution in [0.25, 0.3) is 0 Å². The lowest BCUT2D eigenvalue weighted by Crippen LogP contribution is -2.36. The maximum atomic E-state index is 13.4. The second kappa shape index (κ2) is 11.6. The topological polar surface area (TPSA) is 102 Å². The number of amides is 3. The quantitative estimate of drug-likeness (QED) is 0.520. The highest BCUT2D eigenvalue weighted by Gasteiger charge is 2.28. The molecule has 35 heavy (non-hydrogen) atoms. The van der Waals surface area contributed by atoms with E-state index in [1.54, 1.807) is 17.0 Å². The van der Waals surface area contributed by atoms with Gasteiger partial charge in [0.25, 0.3) is 5.91 Å². The van der Waals surface area contributed by atoms with E-state index in [4.69, 9.17) is 14.2 Å². The van der Waals surface area contributed by atoms with E-state index in [1.807, 2.05) is 20.8 Å². The van der Waals surface area contributed by atoms with Gasteiger partial charge in [-0.25, -0.2) is 9.78 Å². The monoisotopic (exact) mass is 502 g/mol. The van der Waals surface area contributed by atoms with Crippen LogP contribution in [0, 0.1) is 0 Å². The van der Waals surface area contributed by atoms with Crippen LogP contribution < -0.4 is 24.8 Å². The van der Waals surface area contributed by atoms with Gasteiger partial charge in [-0.1, -0.05) is 24.2 Å². The highest BCUT2D eigenvalue weighted by molar-refractivity contribution is 7.15. The number of hydrogen-bond donors (Lipinski definition) is 2. The molecule has 0 spiro atoms. The van der Waals surface area contributed by atoms with Crippen molar-refractivity contribution < 1.29 is 23.8 Å². The summed E-state index contributed by atoms with van der Waals surface area (Å²) in [7, 11) is 0. The van der Waals surface area contributed by atoms with Crippen molar-refractivity contribution in [3.8, 4) is 17.2 Å². The molecule has 0 saturated heterocycles. The predicted molar refractivity (Wildman–Crippen MR) is 135 cm³/mol. The lowest BCUT2D eigenvalue weighted by Gasteiger charge is -2.27. The van der Waals surface area contributed by atoms with Crippen molar-refractivity contribution in [2.75, 3.05) is 31.7 Å². The fourth-order valence-corrected chi connectivity index (χ4v) is 5.52. The van der Waals surface area contributed by atoms with Crippen molar-refractivity contribution in [2.24, 2.45) is 0 Å². The standard InChI is InChI=1S/C25H34N4O5S/c1-4-32-19-13-16(14-20(33-5-2)22(19)34-6-3)23(30)29-12-11-18-21(15-29)35-25(27-18)28-24(31)26-17-9-7-8-10-17/h13-14,17H,4-12,15H2,1-3H3,(H2,26,27,28,31). The summed E-state index contributed by atoms with van der Waals surface area (Å²) < 4.78 is 17.3. The summed E-state index contributed by atoms with van der Waals surface area (Å²) >= 11 is 1.42. The van der Waals surface area contributed by atoms with E-state index in [0.717, 1.165) is 36.3 Å². The number of carbonyl (C=O) groups excluding carboxylic acids is 2. The fourth-order valence-electron chi connectivity index (χ4n) is 4.51. The molecule has 1 aromatic heterocycles. The molecule has 1 aromatic carbocycles. The number of benzene rings is 1. The maximum absolute atomic E-state index is 13.4. The Balaban J connectivity index is 1.47.